The molecule has 0 amide bonds. The summed E-state index contributed by atoms with van der Waals surface area (Å²) >= 11 is 1.51. The van der Waals surface area contributed by atoms with Gasteiger partial charge in [-0.25, -0.2) is 8.78 Å². The van der Waals surface area contributed by atoms with E-state index in [2.05, 4.69) is 0 Å². The highest BCUT2D eigenvalue weighted by atomic mass is 32.1. The summed E-state index contributed by atoms with van der Waals surface area (Å²) in [5, 5.41) is 13.7. The Balaban J connectivity index is 2.25. The van der Waals surface area contributed by atoms with Crippen molar-refractivity contribution in [1.82, 2.24) is 0 Å². The van der Waals surface area contributed by atoms with Gasteiger partial charge >= 0.3 is 0 Å². The van der Waals surface area contributed by atoms with Gasteiger partial charge in [-0.2, -0.15) is 11.3 Å². The largest absolute Gasteiger partial charge is 0.388 e. The molecule has 1 unspecified atom stereocenters. The van der Waals surface area contributed by atoms with E-state index in [-0.39, 0.29) is 11.1 Å². The molecular weight excluding hydrogens is 242 g/mol. The lowest BCUT2D eigenvalue weighted by Gasteiger charge is -2.12. The molecule has 1 heterocycles. The average molecular weight is 254 g/mol. The molecule has 0 fully saturated rings. The first-order chi connectivity index (χ1) is 8.09. The van der Waals surface area contributed by atoms with Crippen LogP contribution in [0.2, 0.25) is 0 Å². The van der Waals surface area contributed by atoms with E-state index in [4.69, 9.17) is 0 Å². The molecule has 0 bridgehead atoms. The zero-order valence-corrected chi connectivity index (χ0v) is 10.1. The van der Waals surface area contributed by atoms with Crippen molar-refractivity contribution in [1.29, 1.82) is 0 Å². The summed E-state index contributed by atoms with van der Waals surface area (Å²) in [4.78, 5) is 0. The summed E-state index contributed by atoms with van der Waals surface area (Å²) in [5.74, 6) is -1.83. The third-order valence-corrected chi connectivity index (χ3v) is 3.41. The number of benzene rings is 1. The number of thiophene rings is 1. The summed E-state index contributed by atoms with van der Waals surface area (Å²) in [6, 6.07) is 4.77. The van der Waals surface area contributed by atoms with Crippen LogP contribution in [0.5, 0.6) is 0 Å². The van der Waals surface area contributed by atoms with Gasteiger partial charge in [-0.3, -0.25) is 0 Å². The second kappa shape index (κ2) is 4.94. The van der Waals surface area contributed by atoms with Crippen molar-refractivity contribution in [3.05, 3.63) is 57.3 Å². The normalized spacial score (nSPS) is 12.7. The van der Waals surface area contributed by atoms with E-state index >= 15 is 0 Å². The molecule has 0 aliphatic rings. The fourth-order valence-electron chi connectivity index (χ4n) is 1.66. The van der Waals surface area contributed by atoms with E-state index in [1.54, 1.807) is 0 Å². The van der Waals surface area contributed by atoms with E-state index in [0.29, 0.717) is 6.42 Å². The van der Waals surface area contributed by atoms with Crippen LogP contribution in [-0.2, 0) is 6.42 Å². The van der Waals surface area contributed by atoms with Gasteiger partial charge in [-0.15, -0.1) is 0 Å². The predicted octanol–water partition coefficient (Wildman–Crippen LogP) is 3.61. The van der Waals surface area contributed by atoms with Crippen molar-refractivity contribution in [3.8, 4) is 0 Å². The summed E-state index contributed by atoms with van der Waals surface area (Å²) < 4.78 is 27.0. The number of hydrogen-bond donors (Lipinski definition) is 1. The number of aliphatic hydroxyl groups excluding tert-OH is 1. The Bertz CT molecular complexity index is 508. The molecule has 0 saturated carbocycles. The first kappa shape index (κ1) is 12.2. The smallest absolute Gasteiger partial charge is 0.164 e. The summed E-state index contributed by atoms with van der Waals surface area (Å²) in [6.45, 7) is 1.49. The Morgan fingerprint density at radius 3 is 2.65 bits per heavy atom. The minimum Gasteiger partial charge on any atom is -0.388 e. The van der Waals surface area contributed by atoms with Crippen molar-refractivity contribution >= 4 is 11.3 Å². The van der Waals surface area contributed by atoms with Gasteiger partial charge in [0.05, 0.1) is 6.10 Å². The molecule has 0 aliphatic heterocycles. The number of aliphatic hydroxyl groups is 1. The highest BCUT2D eigenvalue weighted by Gasteiger charge is 2.17. The Morgan fingerprint density at radius 2 is 2.00 bits per heavy atom. The Labute approximate surface area is 102 Å². The van der Waals surface area contributed by atoms with Crippen LogP contribution in [0, 0.1) is 18.6 Å². The topological polar surface area (TPSA) is 20.2 Å². The van der Waals surface area contributed by atoms with Crippen LogP contribution < -0.4 is 0 Å². The quantitative estimate of drug-likeness (QED) is 0.887. The Hall–Kier alpha value is -1.26. The van der Waals surface area contributed by atoms with Crippen molar-refractivity contribution in [2.75, 3.05) is 0 Å². The van der Waals surface area contributed by atoms with E-state index < -0.39 is 17.7 Å². The predicted molar refractivity (Wildman–Crippen MR) is 64.1 cm³/mol. The SMILES string of the molecule is Cc1ccc(C(O)Cc2ccsc2)c(F)c1F. The molecule has 4 heteroatoms. The van der Waals surface area contributed by atoms with Crippen molar-refractivity contribution in [3.63, 3.8) is 0 Å². The van der Waals surface area contributed by atoms with Crippen LogP contribution >= 0.6 is 11.3 Å². The van der Waals surface area contributed by atoms with Gasteiger partial charge in [-0.1, -0.05) is 12.1 Å². The monoisotopic (exact) mass is 254 g/mol. The molecule has 90 valence electrons. The van der Waals surface area contributed by atoms with Crippen LogP contribution in [-0.4, -0.2) is 5.11 Å². The summed E-state index contributed by atoms with van der Waals surface area (Å²) in [7, 11) is 0. The van der Waals surface area contributed by atoms with Gasteiger partial charge < -0.3 is 5.11 Å². The maximum atomic E-state index is 13.6. The maximum absolute atomic E-state index is 13.6. The highest BCUT2D eigenvalue weighted by molar-refractivity contribution is 7.07. The fraction of sp³-hybridized carbons (Fsp3) is 0.231. The molecule has 1 nitrogen and oxygen atoms in total. The highest BCUT2D eigenvalue weighted by Crippen LogP contribution is 2.25. The van der Waals surface area contributed by atoms with E-state index in [1.807, 2.05) is 16.8 Å². The molecule has 0 spiro atoms. The minimum atomic E-state index is -1.01. The van der Waals surface area contributed by atoms with E-state index in [9.17, 15) is 13.9 Å². The Morgan fingerprint density at radius 1 is 1.24 bits per heavy atom. The number of hydrogen-bond acceptors (Lipinski definition) is 2. The van der Waals surface area contributed by atoms with Gasteiger partial charge in [0.2, 0.25) is 0 Å². The zero-order chi connectivity index (χ0) is 12.4. The third kappa shape index (κ3) is 2.53. The van der Waals surface area contributed by atoms with Crippen LogP contribution in [0.1, 0.15) is 22.8 Å². The third-order valence-electron chi connectivity index (χ3n) is 2.67. The van der Waals surface area contributed by atoms with Gasteiger partial charge in [0.15, 0.2) is 11.6 Å². The second-order valence-corrected chi connectivity index (χ2v) is 4.73. The van der Waals surface area contributed by atoms with Crippen molar-refractivity contribution < 1.29 is 13.9 Å². The molecular formula is C13H12F2OS. The van der Waals surface area contributed by atoms with Crippen molar-refractivity contribution in [2.24, 2.45) is 0 Å². The van der Waals surface area contributed by atoms with Crippen LogP contribution in [0.3, 0.4) is 0 Å². The molecule has 2 aromatic rings. The molecule has 1 atom stereocenters. The first-order valence-electron chi connectivity index (χ1n) is 5.23. The van der Waals surface area contributed by atoms with Crippen LogP contribution in [0.25, 0.3) is 0 Å². The van der Waals surface area contributed by atoms with Crippen LogP contribution in [0.4, 0.5) is 8.78 Å². The van der Waals surface area contributed by atoms with E-state index in [0.717, 1.165) is 5.56 Å². The molecule has 1 aromatic heterocycles. The molecule has 17 heavy (non-hydrogen) atoms. The molecule has 0 aliphatic carbocycles. The van der Waals surface area contributed by atoms with Gasteiger partial charge in [0.25, 0.3) is 0 Å². The van der Waals surface area contributed by atoms with Crippen molar-refractivity contribution in [2.45, 2.75) is 19.4 Å². The lowest BCUT2D eigenvalue weighted by Crippen LogP contribution is -2.06. The number of rotatable bonds is 3. The number of aryl methyl sites for hydroxylation is 1. The van der Waals surface area contributed by atoms with Gasteiger partial charge in [0, 0.05) is 12.0 Å². The standard InChI is InChI=1S/C13H12F2OS/c1-8-2-3-10(13(15)12(8)14)11(16)6-9-4-5-17-7-9/h2-5,7,11,16H,6H2,1H3. The van der Waals surface area contributed by atoms with Gasteiger partial charge in [-0.05, 0) is 34.9 Å². The zero-order valence-electron chi connectivity index (χ0n) is 9.28. The van der Waals surface area contributed by atoms with Crippen LogP contribution in [0.15, 0.2) is 29.0 Å². The maximum Gasteiger partial charge on any atom is 0.164 e. The lowest BCUT2D eigenvalue weighted by molar-refractivity contribution is 0.172. The average Bonchev–Trinajstić information content (AvgIpc) is 2.78. The Kier molecular flexibility index (Phi) is 3.54. The number of halogens is 2. The molecule has 1 N–H and O–H groups in total. The first-order valence-corrected chi connectivity index (χ1v) is 6.17. The van der Waals surface area contributed by atoms with Gasteiger partial charge in [0.1, 0.15) is 0 Å². The molecule has 0 radical (unpaired) electrons. The molecule has 0 saturated heterocycles. The lowest BCUT2D eigenvalue weighted by atomic mass is 10.0. The minimum absolute atomic E-state index is 0.0132. The second-order valence-electron chi connectivity index (χ2n) is 3.95. The summed E-state index contributed by atoms with van der Waals surface area (Å²) in [5.41, 5.74) is 1.18. The van der Waals surface area contributed by atoms with E-state index in [1.165, 1.54) is 30.4 Å². The molecule has 1 aromatic carbocycles. The summed E-state index contributed by atoms with van der Waals surface area (Å²) in [6.07, 6.45) is -0.720. The fourth-order valence-corrected chi connectivity index (χ4v) is 2.34. The molecule has 2 rings (SSSR count).